The molecule has 0 fully saturated rings. The molecule has 0 saturated carbocycles. The first-order valence-electron chi connectivity index (χ1n) is 28.0. The molecule has 390 valence electrons. The third-order valence-electron chi connectivity index (χ3n) is 11.4. The van der Waals surface area contributed by atoms with E-state index in [0.29, 0.717) is 12.8 Å². The topological polar surface area (TPSA) is 78.9 Å². The summed E-state index contributed by atoms with van der Waals surface area (Å²) < 4.78 is 16.8. The molecule has 69 heavy (non-hydrogen) atoms. The lowest BCUT2D eigenvalue weighted by atomic mass is 10.1. The van der Waals surface area contributed by atoms with E-state index in [9.17, 15) is 14.4 Å². The maximum Gasteiger partial charge on any atom is 0.306 e. The number of carbonyl (C=O) groups excluding carboxylic acids is 3. The van der Waals surface area contributed by atoms with Crippen molar-refractivity contribution in [3.63, 3.8) is 0 Å². The fourth-order valence-corrected chi connectivity index (χ4v) is 7.22. The molecule has 0 N–H and O–H groups in total. The smallest absolute Gasteiger partial charge is 0.306 e. The molecule has 0 saturated heterocycles. The SMILES string of the molecule is CC/C=C\C/C=C\C/C=C\C/C=C\C/C=C\CCCCCC(=O)OC[C@H](COC(=O)CCC/C=C\C/C=C\C/C=C\CCCCCCCC)OC(=O)CCCCCCC/C=C\C/C=C\CCCCC. The zero-order chi connectivity index (χ0) is 50.0. The van der Waals surface area contributed by atoms with Gasteiger partial charge in [0, 0.05) is 19.3 Å². The molecule has 0 radical (unpaired) electrons. The Kier molecular flexibility index (Phi) is 53.0. The molecule has 0 bridgehead atoms. The molecule has 6 nitrogen and oxygen atoms in total. The van der Waals surface area contributed by atoms with Gasteiger partial charge in [0.15, 0.2) is 6.10 Å². The van der Waals surface area contributed by atoms with Gasteiger partial charge < -0.3 is 14.2 Å². The molecule has 0 heterocycles. The molecule has 0 aromatic heterocycles. The number of hydrogen-bond acceptors (Lipinski definition) is 6. The summed E-state index contributed by atoms with van der Waals surface area (Å²) in [5.74, 6) is -1.02. The molecule has 0 unspecified atom stereocenters. The molecule has 0 aliphatic carbocycles. The first-order valence-corrected chi connectivity index (χ1v) is 28.0. The van der Waals surface area contributed by atoms with Gasteiger partial charge in [0.25, 0.3) is 0 Å². The summed E-state index contributed by atoms with van der Waals surface area (Å²) in [5, 5.41) is 0. The van der Waals surface area contributed by atoms with Gasteiger partial charge in [-0.1, -0.05) is 213 Å². The first-order chi connectivity index (χ1) is 34.0. The fraction of sp³-hybridized carbons (Fsp3) is 0.635. The van der Waals surface area contributed by atoms with Crippen molar-refractivity contribution in [3.8, 4) is 0 Å². The Morgan fingerprint density at radius 3 is 0.986 bits per heavy atom. The summed E-state index contributed by atoms with van der Waals surface area (Å²) in [5.41, 5.74) is 0. The van der Waals surface area contributed by atoms with Crippen molar-refractivity contribution >= 4 is 17.9 Å². The maximum atomic E-state index is 12.8. The molecule has 0 aromatic rings. The monoisotopic (exact) mass is 955 g/mol. The van der Waals surface area contributed by atoms with Crippen molar-refractivity contribution < 1.29 is 28.6 Å². The summed E-state index contributed by atoms with van der Waals surface area (Å²) in [6.07, 6.45) is 77.6. The molecular weight excluding hydrogens is 853 g/mol. The van der Waals surface area contributed by atoms with E-state index in [0.717, 1.165) is 122 Å². The first kappa shape index (κ1) is 64.8. The molecule has 1 atom stereocenters. The van der Waals surface area contributed by atoms with Crippen LogP contribution in [0.25, 0.3) is 0 Å². The highest BCUT2D eigenvalue weighted by atomic mass is 16.6. The lowest BCUT2D eigenvalue weighted by molar-refractivity contribution is -0.167. The van der Waals surface area contributed by atoms with Crippen LogP contribution in [0.3, 0.4) is 0 Å². The van der Waals surface area contributed by atoms with Crippen LogP contribution in [-0.4, -0.2) is 37.2 Å². The second-order valence-electron chi connectivity index (χ2n) is 18.1. The fourth-order valence-electron chi connectivity index (χ4n) is 7.22. The summed E-state index contributed by atoms with van der Waals surface area (Å²) >= 11 is 0. The van der Waals surface area contributed by atoms with E-state index in [4.69, 9.17) is 14.2 Å². The van der Waals surface area contributed by atoms with Gasteiger partial charge in [0.2, 0.25) is 0 Å². The van der Waals surface area contributed by atoms with E-state index in [-0.39, 0.29) is 44.0 Å². The predicted octanol–water partition coefficient (Wildman–Crippen LogP) is 18.9. The third-order valence-corrected chi connectivity index (χ3v) is 11.4. The average Bonchev–Trinajstić information content (AvgIpc) is 3.35. The van der Waals surface area contributed by atoms with Crippen molar-refractivity contribution in [1.29, 1.82) is 0 Å². The maximum absolute atomic E-state index is 12.8. The standard InChI is InChI=1S/C63H102O6/c1-4-7-10-13-16-19-22-25-28-30-31-33-36-38-41-44-47-50-53-56-62(65)68-59-60(69-63(66)57-54-51-48-45-42-39-34-27-24-21-18-15-12-9-6-3)58-67-61(64)55-52-49-46-43-40-37-35-32-29-26-23-20-17-14-11-8-5-2/h7,10,16,18-19,21,25-29,31,33-35,37-38,41,43,46,60H,4-6,8-9,11-15,17,20,22-24,30,32,36,39-40,42,44-45,47-59H2,1-3H3/b10-7-,19-16-,21-18-,28-25-,29-26-,33-31-,34-27-,37-35-,41-38-,46-43-/t60-/m0/s1. The lowest BCUT2D eigenvalue weighted by Gasteiger charge is -2.18. The number of esters is 3. The molecule has 6 heteroatoms. The Labute approximate surface area is 424 Å². The molecule has 0 amide bonds. The minimum absolute atomic E-state index is 0.120. The van der Waals surface area contributed by atoms with Crippen molar-refractivity contribution in [3.05, 3.63) is 122 Å². The van der Waals surface area contributed by atoms with Gasteiger partial charge in [0.1, 0.15) is 13.2 Å². The second-order valence-corrected chi connectivity index (χ2v) is 18.1. The minimum atomic E-state index is -0.823. The summed E-state index contributed by atoms with van der Waals surface area (Å²) in [7, 11) is 0. The van der Waals surface area contributed by atoms with Crippen LogP contribution in [0.15, 0.2) is 122 Å². The van der Waals surface area contributed by atoms with Gasteiger partial charge in [-0.3, -0.25) is 14.4 Å². The van der Waals surface area contributed by atoms with Gasteiger partial charge in [-0.15, -0.1) is 0 Å². The Hall–Kier alpha value is -4.19. The van der Waals surface area contributed by atoms with E-state index in [1.54, 1.807) is 0 Å². The van der Waals surface area contributed by atoms with Crippen LogP contribution in [0.4, 0.5) is 0 Å². The Morgan fingerprint density at radius 1 is 0.304 bits per heavy atom. The molecular formula is C63H102O6. The number of rotatable bonds is 49. The normalized spacial score (nSPS) is 13.0. The summed E-state index contributed by atoms with van der Waals surface area (Å²) in [6.45, 7) is 6.40. The van der Waals surface area contributed by atoms with Crippen LogP contribution in [-0.2, 0) is 28.6 Å². The molecule has 0 aromatic carbocycles. The van der Waals surface area contributed by atoms with Gasteiger partial charge >= 0.3 is 17.9 Å². The molecule has 0 aliphatic heterocycles. The highest BCUT2D eigenvalue weighted by molar-refractivity contribution is 5.71. The van der Waals surface area contributed by atoms with Crippen LogP contribution in [0.1, 0.15) is 239 Å². The van der Waals surface area contributed by atoms with Crippen LogP contribution >= 0.6 is 0 Å². The van der Waals surface area contributed by atoms with Crippen molar-refractivity contribution in [2.45, 2.75) is 245 Å². The Morgan fingerprint density at radius 2 is 0.580 bits per heavy atom. The second kappa shape index (κ2) is 56.4. The van der Waals surface area contributed by atoms with Gasteiger partial charge in [-0.05, 0) is 128 Å². The highest BCUT2D eigenvalue weighted by Gasteiger charge is 2.19. The summed E-state index contributed by atoms with van der Waals surface area (Å²) in [4.78, 5) is 38.1. The largest absolute Gasteiger partial charge is 0.462 e. The van der Waals surface area contributed by atoms with Crippen LogP contribution in [0.5, 0.6) is 0 Å². The lowest BCUT2D eigenvalue weighted by Crippen LogP contribution is -2.30. The van der Waals surface area contributed by atoms with Crippen molar-refractivity contribution in [2.75, 3.05) is 13.2 Å². The quantitative estimate of drug-likeness (QED) is 0.0262. The molecule has 0 spiro atoms. The number of carbonyl (C=O) groups is 3. The molecule has 0 aliphatic rings. The van der Waals surface area contributed by atoms with Gasteiger partial charge in [0.05, 0.1) is 0 Å². The minimum Gasteiger partial charge on any atom is -0.462 e. The Bertz CT molecular complexity index is 1470. The Balaban J connectivity index is 4.56. The highest BCUT2D eigenvalue weighted by Crippen LogP contribution is 2.12. The van der Waals surface area contributed by atoms with E-state index in [2.05, 4.69) is 142 Å². The van der Waals surface area contributed by atoms with Crippen molar-refractivity contribution in [2.24, 2.45) is 0 Å². The number of unbranched alkanes of at least 4 members (excludes halogenated alkanes) is 18. The van der Waals surface area contributed by atoms with E-state index in [1.807, 2.05) is 0 Å². The third kappa shape index (κ3) is 54.6. The van der Waals surface area contributed by atoms with E-state index in [1.165, 1.54) is 70.6 Å². The van der Waals surface area contributed by atoms with Gasteiger partial charge in [-0.25, -0.2) is 0 Å². The molecule has 0 rings (SSSR count). The number of ether oxygens (including phenoxy) is 3. The van der Waals surface area contributed by atoms with Gasteiger partial charge in [-0.2, -0.15) is 0 Å². The number of hydrogen-bond donors (Lipinski definition) is 0. The average molecular weight is 956 g/mol. The number of allylic oxidation sites excluding steroid dienone is 20. The van der Waals surface area contributed by atoms with Crippen LogP contribution in [0, 0.1) is 0 Å². The summed E-state index contributed by atoms with van der Waals surface area (Å²) in [6, 6.07) is 0. The predicted molar refractivity (Wildman–Crippen MR) is 297 cm³/mol. The van der Waals surface area contributed by atoms with E-state index < -0.39 is 6.10 Å². The van der Waals surface area contributed by atoms with Crippen LogP contribution < -0.4 is 0 Å². The zero-order valence-corrected chi connectivity index (χ0v) is 44.5. The van der Waals surface area contributed by atoms with Crippen molar-refractivity contribution in [1.82, 2.24) is 0 Å². The van der Waals surface area contributed by atoms with Crippen LogP contribution in [0.2, 0.25) is 0 Å². The zero-order valence-electron chi connectivity index (χ0n) is 44.5. The van der Waals surface area contributed by atoms with E-state index >= 15 is 0 Å².